The standard InChI is InChI=1S/C7H9N3O4S/c1-13-3-14-10-5(6(11)12)4-2-15-7(8)9-4/h2H,3H2,1H3,(H2,8,9)(H,11,12)/b10-5-. The average Bonchev–Trinajstić information content (AvgIpc) is 2.59. The second-order valence-corrected chi connectivity index (χ2v) is 3.24. The summed E-state index contributed by atoms with van der Waals surface area (Å²) in [5.74, 6) is -1.24. The predicted octanol–water partition coefficient (Wildman–Crippen LogP) is 0.135. The number of thiazole rings is 1. The predicted molar refractivity (Wildman–Crippen MR) is 53.7 cm³/mol. The van der Waals surface area contributed by atoms with Crippen LogP contribution < -0.4 is 5.73 Å². The molecule has 0 radical (unpaired) electrons. The molecule has 0 spiro atoms. The molecule has 1 rings (SSSR count). The zero-order valence-electron chi connectivity index (χ0n) is 7.84. The molecule has 0 amide bonds. The molecule has 3 N–H and O–H groups in total. The second kappa shape index (κ2) is 5.27. The third kappa shape index (κ3) is 3.18. The molecule has 0 aromatic carbocycles. The first-order valence-corrected chi connectivity index (χ1v) is 4.66. The number of rotatable bonds is 5. The Labute approximate surface area is 89.1 Å². The molecule has 8 heteroatoms. The zero-order chi connectivity index (χ0) is 11.3. The summed E-state index contributed by atoms with van der Waals surface area (Å²) in [4.78, 5) is 19.1. The summed E-state index contributed by atoms with van der Waals surface area (Å²) in [7, 11) is 1.40. The molecular weight excluding hydrogens is 222 g/mol. The third-order valence-electron chi connectivity index (χ3n) is 1.29. The van der Waals surface area contributed by atoms with Crippen LogP contribution in [0.25, 0.3) is 0 Å². The van der Waals surface area contributed by atoms with Gasteiger partial charge in [0.2, 0.25) is 12.5 Å². The van der Waals surface area contributed by atoms with Gasteiger partial charge in [0.25, 0.3) is 0 Å². The molecule has 1 heterocycles. The molecular formula is C7H9N3O4S. The Morgan fingerprint density at radius 3 is 3.00 bits per heavy atom. The van der Waals surface area contributed by atoms with E-state index in [1.165, 1.54) is 12.5 Å². The number of aromatic nitrogens is 1. The Hall–Kier alpha value is -1.67. The van der Waals surface area contributed by atoms with E-state index in [1.54, 1.807) is 0 Å². The van der Waals surface area contributed by atoms with Crippen LogP contribution in [0.5, 0.6) is 0 Å². The van der Waals surface area contributed by atoms with Crippen molar-refractivity contribution in [2.24, 2.45) is 5.16 Å². The molecule has 0 saturated carbocycles. The quantitative estimate of drug-likeness (QED) is 0.323. The fourth-order valence-electron chi connectivity index (χ4n) is 0.735. The highest BCUT2D eigenvalue weighted by molar-refractivity contribution is 7.13. The van der Waals surface area contributed by atoms with Crippen molar-refractivity contribution in [2.45, 2.75) is 0 Å². The number of nitrogen functional groups attached to an aromatic ring is 1. The molecule has 1 aromatic rings. The first-order chi connectivity index (χ1) is 7.15. The van der Waals surface area contributed by atoms with Crippen molar-refractivity contribution in [2.75, 3.05) is 19.6 Å². The van der Waals surface area contributed by atoms with E-state index in [9.17, 15) is 4.79 Å². The Balaban J connectivity index is 2.83. The van der Waals surface area contributed by atoms with Crippen LogP contribution >= 0.6 is 11.3 Å². The number of oxime groups is 1. The topological polar surface area (TPSA) is 107 Å². The lowest BCUT2D eigenvalue weighted by atomic mass is 10.3. The molecule has 0 aliphatic rings. The van der Waals surface area contributed by atoms with E-state index in [2.05, 4.69) is 19.7 Å². The monoisotopic (exact) mass is 231 g/mol. The number of nitrogens with two attached hydrogens (primary N) is 1. The summed E-state index contributed by atoms with van der Waals surface area (Å²) >= 11 is 1.13. The highest BCUT2D eigenvalue weighted by atomic mass is 32.1. The minimum atomic E-state index is -1.24. The average molecular weight is 231 g/mol. The highest BCUT2D eigenvalue weighted by Crippen LogP contribution is 2.12. The van der Waals surface area contributed by atoms with E-state index in [0.29, 0.717) is 0 Å². The van der Waals surface area contributed by atoms with Gasteiger partial charge in [-0.25, -0.2) is 9.78 Å². The van der Waals surface area contributed by atoms with Crippen LogP contribution in [0, 0.1) is 0 Å². The van der Waals surface area contributed by atoms with Gasteiger partial charge in [-0.3, -0.25) is 0 Å². The first-order valence-electron chi connectivity index (χ1n) is 3.78. The van der Waals surface area contributed by atoms with E-state index in [-0.39, 0.29) is 23.3 Å². The molecule has 0 aliphatic heterocycles. The number of anilines is 1. The Bertz CT molecular complexity index is 376. The van der Waals surface area contributed by atoms with Gasteiger partial charge in [0.05, 0.1) is 0 Å². The van der Waals surface area contributed by atoms with Gasteiger partial charge in [0.15, 0.2) is 5.13 Å². The summed E-state index contributed by atoms with van der Waals surface area (Å²) in [5.41, 5.74) is 5.23. The van der Waals surface area contributed by atoms with E-state index in [4.69, 9.17) is 10.8 Å². The molecule has 0 atom stereocenters. The van der Waals surface area contributed by atoms with E-state index >= 15 is 0 Å². The van der Waals surface area contributed by atoms with Gasteiger partial charge in [-0.1, -0.05) is 5.16 Å². The third-order valence-corrected chi connectivity index (χ3v) is 1.97. The molecule has 0 bridgehead atoms. The van der Waals surface area contributed by atoms with Crippen LogP contribution in [0.1, 0.15) is 5.69 Å². The van der Waals surface area contributed by atoms with Crippen molar-refractivity contribution in [1.82, 2.24) is 4.98 Å². The highest BCUT2D eigenvalue weighted by Gasteiger charge is 2.16. The van der Waals surface area contributed by atoms with Crippen molar-refractivity contribution >= 4 is 28.1 Å². The van der Waals surface area contributed by atoms with E-state index in [1.807, 2.05) is 0 Å². The number of hydrogen-bond donors (Lipinski definition) is 2. The molecule has 1 aromatic heterocycles. The van der Waals surface area contributed by atoms with Crippen molar-refractivity contribution < 1.29 is 19.5 Å². The maximum absolute atomic E-state index is 10.8. The Morgan fingerprint density at radius 2 is 2.53 bits per heavy atom. The van der Waals surface area contributed by atoms with Crippen LogP contribution in [0.3, 0.4) is 0 Å². The number of nitrogens with zero attached hydrogens (tertiary/aromatic N) is 2. The zero-order valence-corrected chi connectivity index (χ0v) is 8.65. The number of hydrogen-bond acceptors (Lipinski definition) is 7. The largest absolute Gasteiger partial charge is 0.476 e. The lowest BCUT2D eigenvalue weighted by Crippen LogP contribution is -2.16. The van der Waals surface area contributed by atoms with Gasteiger partial charge in [0.1, 0.15) is 5.69 Å². The number of carboxylic acid groups (broad SMARTS) is 1. The van der Waals surface area contributed by atoms with Crippen LogP contribution in [0.2, 0.25) is 0 Å². The Kier molecular flexibility index (Phi) is 4.01. The summed E-state index contributed by atoms with van der Waals surface area (Å²) in [5, 5.41) is 13.9. The van der Waals surface area contributed by atoms with Crippen molar-refractivity contribution in [3.05, 3.63) is 11.1 Å². The summed E-state index contributed by atoms with van der Waals surface area (Å²) < 4.78 is 4.55. The van der Waals surface area contributed by atoms with Gasteiger partial charge < -0.3 is 20.4 Å². The summed E-state index contributed by atoms with van der Waals surface area (Å²) in [6, 6.07) is 0. The Morgan fingerprint density at radius 1 is 1.80 bits per heavy atom. The molecule has 0 saturated heterocycles. The molecule has 0 aliphatic carbocycles. The van der Waals surface area contributed by atoms with Crippen molar-refractivity contribution in [3.63, 3.8) is 0 Å². The molecule has 0 fully saturated rings. The number of carboxylic acids is 1. The van der Waals surface area contributed by atoms with Crippen LogP contribution in [-0.4, -0.2) is 35.7 Å². The first kappa shape index (κ1) is 11.4. The smallest absolute Gasteiger partial charge is 0.360 e. The van der Waals surface area contributed by atoms with Gasteiger partial charge in [0, 0.05) is 12.5 Å². The van der Waals surface area contributed by atoms with Crippen molar-refractivity contribution in [3.8, 4) is 0 Å². The van der Waals surface area contributed by atoms with Gasteiger partial charge in [-0.05, 0) is 0 Å². The van der Waals surface area contributed by atoms with E-state index in [0.717, 1.165) is 11.3 Å². The van der Waals surface area contributed by atoms with Gasteiger partial charge in [-0.15, -0.1) is 11.3 Å². The van der Waals surface area contributed by atoms with Crippen molar-refractivity contribution in [1.29, 1.82) is 0 Å². The minimum Gasteiger partial charge on any atom is -0.476 e. The fourth-order valence-corrected chi connectivity index (χ4v) is 1.28. The lowest BCUT2D eigenvalue weighted by molar-refractivity contribution is -0.129. The normalized spacial score (nSPS) is 11.4. The van der Waals surface area contributed by atoms with Gasteiger partial charge >= 0.3 is 5.97 Å². The van der Waals surface area contributed by atoms with Crippen LogP contribution in [0.15, 0.2) is 10.5 Å². The maximum Gasteiger partial charge on any atom is 0.360 e. The second-order valence-electron chi connectivity index (χ2n) is 2.35. The number of aliphatic carboxylic acids is 1. The molecule has 7 nitrogen and oxygen atoms in total. The van der Waals surface area contributed by atoms with Gasteiger partial charge in [-0.2, -0.15) is 0 Å². The number of carbonyl (C=O) groups is 1. The summed E-state index contributed by atoms with van der Waals surface area (Å²) in [6.07, 6.45) is 0. The fraction of sp³-hybridized carbons (Fsp3) is 0.286. The summed E-state index contributed by atoms with van der Waals surface area (Å²) in [6.45, 7) is -0.129. The molecule has 15 heavy (non-hydrogen) atoms. The minimum absolute atomic E-state index is 0.129. The molecule has 82 valence electrons. The number of methoxy groups -OCH3 is 1. The maximum atomic E-state index is 10.8. The van der Waals surface area contributed by atoms with Crippen LogP contribution in [-0.2, 0) is 14.4 Å². The molecule has 0 unspecified atom stereocenters. The number of ether oxygens (including phenoxy) is 1. The SMILES string of the molecule is COCO/N=C(\C(=O)O)c1csc(N)n1. The van der Waals surface area contributed by atoms with Crippen LogP contribution in [0.4, 0.5) is 5.13 Å². The van der Waals surface area contributed by atoms with E-state index < -0.39 is 5.97 Å². The lowest BCUT2D eigenvalue weighted by Gasteiger charge is -1.98.